The van der Waals surface area contributed by atoms with Crippen molar-refractivity contribution in [2.24, 2.45) is 0 Å². The van der Waals surface area contributed by atoms with Crippen LogP contribution in [0.1, 0.15) is 5.56 Å². The Balaban J connectivity index is 2.19. The van der Waals surface area contributed by atoms with E-state index in [-0.39, 0.29) is 5.82 Å². The minimum Gasteiger partial charge on any atom is -0.383 e. The molecule has 1 aromatic heterocycles. The summed E-state index contributed by atoms with van der Waals surface area (Å²) in [4.78, 5) is 4.11. The molecule has 0 unspecified atom stereocenters. The van der Waals surface area contributed by atoms with Gasteiger partial charge in [0.15, 0.2) is 5.82 Å². The van der Waals surface area contributed by atoms with Gasteiger partial charge in [-0.2, -0.15) is 5.10 Å². The van der Waals surface area contributed by atoms with Gasteiger partial charge in [-0.05, 0) is 17.7 Å². The zero-order valence-corrected chi connectivity index (χ0v) is 12.1. The molecule has 0 radical (unpaired) electrons. The van der Waals surface area contributed by atoms with Gasteiger partial charge in [-0.3, -0.25) is 4.68 Å². The van der Waals surface area contributed by atoms with Crippen molar-refractivity contribution in [3.05, 3.63) is 35.9 Å². The van der Waals surface area contributed by atoms with Crippen LogP contribution in [-0.4, -0.2) is 28.5 Å². The molecule has 0 amide bonds. The Morgan fingerprint density at radius 1 is 1.47 bits per heavy atom. The zero-order valence-electron chi connectivity index (χ0n) is 10.4. The largest absolute Gasteiger partial charge is 0.383 e. The molecule has 0 aliphatic heterocycles. The summed E-state index contributed by atoms with van der Waals surface area (Å²) in [5.74, 6) is 0.735. The van der Waals surface area contributed by atoms with E-state index in [1.807, 2.05) is 6.07 Å². The maximum absolute atomic E-state index is 14.0. The maximum Gasteiger partial charge on any atom is 0.184 e. The number of halogens is 1. The Bertz CT molecular complexity index is 548. The summed E-state index contributed by atoms with van der Waals surface area (Å²) in [5, 5.41) is 4.22. The third-order valence-electron chi connectivity index (χ3n) is 2.57. The van der Waals surface area contributed by atoms with Crippen molar-refractivity contribution < 1.29 is 9.13 Å². The molecule has 2 rings (SSSR count). The quantitative estimate of drug-likeness (QED) is 0.658. The molecular weight excluding hydrogens is 285 g/mol. The number of methoxy groups -OCH3 is 1. The number of thiol groups is 1. The summed E-state index contributed by atoms with van der Waals surface area (Å²) in [5.41, 5.74) is 1.30. The number of ether oxygens (including phenoxy) is 1. The molecule has 0 N–H and O–H groups in total. The SMILES string of the molecule is COCCn1cnc(-c2ccc(CSS)cc2F)n1. The summed E-state index contributed by atoms with van der Waals surface area (Å²) in [6.07, 6.45) is 1.57. The highest BCUT2D eigenvalue weighted by molar-refractivity contribution is 8.68. The Labute approximate surface area is 120 Å². The fourth-order valence-corrected chi connectivity index (χ4v) is 2.39. The van der Waals surface area contributed by atoms with Crippen LogP contribution in [0, 0.1) is 5.82 Å². The molecule has 19 heavy (non-hydrogen) atoms. The number of hydrogen-bond acceptors (Lipinski definition) is 5. The van der Waals surface area contributed by atoms with Crippen molar-refractivity contribution in [1.29, 1.82) is 0 Å². The molecule has 1 aromatic carbocycles. The van der Waals surface area contributed by atoms with E-state index < -0.39 is 0 Å². The molecular formula is C12H14FN3OS2. The van der Waals surface area contributed by atoms with Gasteiger partial charge < -0.3 is 4.74 Å². The smallest absolute Gasteiger partial charge is 0.184 e. The van der Waals surface area contributed by atoms with Crippen molar-refractivity contribution in [3.63, 3.8) is 0 Å². The average molecular weight is 299 g/mol. The van der Waals surface area contributed by atoms with Crippen LogP contribution in [0.2, 0.25) is 0 Å². The second-order valence-electron chi connectivity index (χ2n) is 3.91. The summed E-state index contributed by atoms with van der Waals surface area (Å²) in [6.45, 7) is 1.14. The molecule has 0 bridgehead atoms. The third kappa shape index (κ3) is 3.71. The highest BCUT2D eigenvalue weighted by Gasteiger charge is 2.10. The van der Waals surface area contributed by atoms with Gasteiger partial charge in [0.1, 0.15) is 12.1 Å². The van der Waals surface area contributed by atoms with Gasteiger partial charge >= 0.3 is 0 Å². The van der Waals surface area contributed by atoms with Gasteiger partial charge in [-0.15, -0.1) is 11.7 Å². The van der Waals surface area contributed by atoms with Crippen molar-refractivity contribution >= 4 is 22.5 Å². The third-order valence-corrected chi connectivity index (χ3v) is 3.42. The second kappa shape index (κ2) is 6.93. The van der Waals surface area contributed by atoms with E-state index in [9.17, 15) is 4.39 Å². The van der Waals surface area contributed by atoms with E-state index in [2.05, 4.69) is 21.7 Å². The molecule has 0 aliphatic rings. The number of aromatic nitrogens is 3. The van der Waals surface area contributed by atoms with Crippen LogP contribution in [0.5, 0.6) is 0 Å². The van der Waals surface area contributed by atoms with Crippen LogP contribution in [0.15, 0.2) is 24.5 Å². The van der Waals surface area contributed by atoms with E-state index in [0.29, 0.717) is 30.3 Å². The van der Waals surface area contributed by atoms with Gasteiger partial charge in [0, 0.05) is 12.9 Å². The molecule has 0 saturated carbocycles. The molecule has 2 aromatic rings. The topological polar surface area (TPSA) is 39.9 Å². The van der Waals surface area contributed by atoms with Crippen molar-refractivity contribution in [3.8, 4) is 11.4 Å². The van der Waals surface area contributed by atoms with E-state index >= 15 is 0 Å². The first kappa shape index (κ1) is 14.4. The van der Waals surface area contributed by atoms with Gasteiger partial charge in [-0.25, -0.2) is 9.37 Å². The van der Waals surface area contributed by atoms with Gasteiger partial charge in [0.25, 0.3) is 0 Å². The van der Waals surface area contributed by atoms with Gasteiger partial charge in [0.05, 0.1) is 18.7 Å². The Morgan fingerprint density at radius 3 is 3.00 bits per heavy atom. The fraction of sp³-hybridized carbons (Fsp3) is 0.333. The predicted molar refractivity (Wildman–Crippen MR) is 77.6 cm³/mol. The lowest BCUT2D eigenvalue weighted by Crippen LogP contribution is -2.04. The predicted octanol–water partition coefficient (Wildman–Crippen LogP) is 2.81. The summed E-state index contributed by atoms with van der Waals surface area (Å²) in [7, 11) is 2.98. The Hall–Kier alpha value is -1.05. The molecule has 0 spiro atoms. The van der Waals surface area contributed by atoms with E-state index in [0.717, 1.165) is 5.56 Å². The molecule has 0 atom stereocenters. The molecule has 4 nitrogen and oxygen atoms in total. The Morgan fingerprint density at radius 2 is 2.32 bits per heavy atom. The van der Waals surface area contributed by atoms with Crippen molar-refractivity contribution in [1.82, 2.24) is 14.8 Å². The maximum atomic E-state index is 14.0. The minimum atomic E-state index is -0.315. The van der Waals surface area contributed by atoms with E-state index in [1.54, 1.807) is 24.2 Å². The number of benzene rings is 1. The number of nitrogens with zero attached hydrogens (tertiary/aromatic N) is 3. The normalized spacial score (nSPS) is 10.9. The summed E-state index contributed by atoms with van der Waals surface area (Å²) in [6, 6.07) is 5.05. The van der Waals surface area contributed by atoms with E-state index in [4.69, 9.17) is 4.74 Å². The van der Waals surface area contributed by atoms with Crippen LogP contribution in [0.3, 0.4) is 0 Å². The molecule has 7 heteroatoms. The first-order valence-corrected chi connectivity index (χ1v) is 7.72. The van der Waals surface area contributed by atoms with Crippen molar-refractivity contribution in [2.75, 3.05) is 13.7 Å². The Kier molecular flexibility index (Phi) is 5.24. The lowest BCUT2D eigenvalue weighted by atomic mass is 10.1. The second-order valence-corrected chi connectivity index (χ2v) is 5.23. The lowest BCUT2D eigenvalue weighted by molar-refractivity contribution is 0.183. The monoisotopic (exact) mass is 299 g/mol. The number of hydrogen-bond donors (Lipinski definition) is 1. The van der Waals surface area contributed by atoms with Crippen molar-refractivity contribution in [2.45, 2.75) is 12.3 Å². The lowest BCUT2D eigenvalue weighted by Gasteiger charge is -2.02. The highest BCUT2D eigenvalue weighted by Crippen LogP contribution is 2.23. The van der Waals surface area contributed by atoms with Crippen LogP contribution < -0.4 is 0 Å². The summed E-state index contributed by atoms with van der Waals surface area (Å²) >= 11 is 4.05. The number of rotatable bonds is 6. The minimum absolute atomic E-state index is 0.315. The van der Waals surface area contributed by atoms with Gasteiger partial charge in [-0.1, -0.05) is 16.9 Å². The zero-order chi connectivity index (χ0) is 13.7. The van der Waals surface area contributed by atoms with E-state index in [1.165, 1.54) is 16.9 Å². The summed E-state index contributed by atoms with van der Waals surface area (Å²) < 4.78 is 20.6. The van der Waals surface area contributed by atoms with Crippen LogP contribution in [-0.2, 0) is 17.0 Å². The van der Waals surface area contributed by atoms with Crippen LogP contribution >= 0.6 is 22.5 Å². The van der Waals surface area contributed by atoms with Gasteiger partial charge in [0.2, 0.25) is 0 Å². The fourth-order valence-electron chi connectivity index (χ4n) is 1.61. The molecule has 102 valence electrons. The average Bonchev–Trinajstić information content (AvgIpc) is 2.85. The molecule has 0 saturated heterocycles. The highest BCUT2D eigenvalue weighted by atomic mass is 33.1. The molecule has 0 fully saturated rings. The van der Waals surface area contributed by atoms with Crippen LogP contribution in [0.25, 0.3) is 11.4 Å². The standard InChI is InChI=1S/C12H14FN3OS2/c1-17-5-4-16-8-14-12(15-16)10-3-2-9(7-19-18)6-11(10)13/h2-3,6,8,18H,4-5,7H2,1H3. The first-order valence-electron chi connectivity index (χ1n) is 5.68. The van der Waals surface area contributed by atoms with Crippen LogP contribution in [0.4, 0.5) is 4.39 Å². The molecule has 0 aliphatic carbocycles. The molecule has 1 heterocycles. The first-order chi connectivity index (χ1) is 9.24.